The first kappa shape index (κ1) is 32.5. The summed E-state index contributed by atoms with van der Waals surface area (Å²) in [7, 11) is 0. The van der Waals surface area contributed by atoms with Gasteiger partial charge < -0.3 is 18.6 Å². The van der Waals surface area contributed by atoms with Crippen molar-refractivity contribution in [2.45, 2.75) is 0 Å². The summed E-state index contributed by atoms with van der Waals surface area (Å²) in [5, 5.41) is 1.56. The summed E-state index contributed by atoms with van der Waals surface area (Å²) < 4.78 is 11.9. The van der Waals surface area contributed by atoms with Gasteiger partial charge in [-0.05, 0) is 102 Å². The van der Waals surface area contributed by atoms with Crippen LogP contribution in [0, 0.1) is 0 Å². The van der Waals surface area contributed by atoms with Gasteiger partial charge in [-0.25, -0.2) is 9.59 Å². The molecule has 0 N–H and O–H groups in total. The van der Waals surface area contributed by atoms with Gasteiger partial charge in [0.15, 0.2) is 0 Å². The first-order valence-electron chi connectivity index (χ1n) is 17.7. The summed E-state index contributed by atoms with van der Waals surface area (Å²) in [5.41, 5.74) is 7.75. The highest BCUT2D eigenvalue weighted by Crippen LogP contribution is 2.38. The van der Waals surface area contributed by atoms with Gasteiger partial charge in [0, 0.05) is 57.0 Å². The van der Waals surface area contributed by atoms with Crippen molar-refractivity contribution in [1.82, 2.24) is 0 Å². The molecule has 0 unspecified atom stereocenters. The van der Waals surface area contributed by atoms with Gasteiger partial charge in [-0.15, -0.1) is 0 Å². The van der Waals surface area contributed by atoms with Crippen molar-refractivity contribution < 1.29 is 8.83 Å². The third-order valence-electron chi connectivity index (χ3n) is 9.50. The van der Waals surface area contributed by atoms with Crippen LogP contribution in [-0.2, 0) is 0 Å². The molecule has 0 amide bonds. The van der Waals surface area contributed by atoms with Crippen LogP contribution >= 0.6 is 0 Å². The Hall–Kier alpha value is -7.44. The van der Waals surface area contributed by atoms with Crippen molar-refractivity contribution in [2.24, 2.45) is 0 Å². The van der Waals surface area contributed by atoms with Crippen LogP contribution in [0.5, 0.6) is 0 Å². The van der Waals surface area contributed by atoms with Crippen molar-refractivity contribution in [3.63, 3.8) is 0 Å². The Morgan fingerprint density at radius 1 is 0.315 bits per heavy atom. The molecule has 54 heavy (non-hydrogen) atoms. The second-order valence-electron chi connectivity index (χ2n) is 12.9. The molecule has 7 aromatic carbocycles. The number of rotatable bonds is 8. The lowest BCUT2D eigenvalue weighted by molar-refractivity contribution is 0.563. The fourth-order valence-corrected chi connectivity index (χ4v) is 6.94. The first-order chi connectivity index (χ1) is 26.6. The van der Waals surface area contributed by atoms with Crippen LogP contribution in [0.4, 0.5) is 34.1 Å². The molecular formula is C48H32N2O4. The monoisotopic (exact) mass is 700 g/mol. The zero-order valence-electron chi connectivity index (χ0n) is 29.0. The Kier molecular flexibility index (Phi) is 8.38. The van der Waals surface area contributed by atoms with Gasteiger partial charge in [0.05, 0.1) is 11.1 Å². The lowest BCUT2D eigenvalue weighted by Gasteiger charge is -2.25. The Balaban J connectivity index is 1.06. The molecule has 0 aliphatic rings. The maximum Gasteiger partial charge on any atom is 0.344 e. The molecule has 6 heteroatoms. The van der Waals surface area contributed by atoms with E-state index in [1.807, 2.05) is 194 Å². The zero-order valence-corrected chi connectivity index (χ0v) is 29.0. The van der Waals surface area contributed by atoms with E-state index in [1.54, 1.807) is 0 Å². The Bertz CT molecular complexity index is 2600. The molecule has 9 rings (SSSR count). The van der Waals surface area contributed by atoms with Crippen LogP contribution in [0.2, 0.25) is 0 Å². The molecule has 0 atom stereocenters. The fourth-order valence-electron chi connectivity index (χ4n) is 6.94. The number of benzene rings is 7. The van der Waals surface area contributed by atoms with Crippen molar-refractivity contribution in [3.05, 3.63) is 215 Å². The third kappa shape index (κ3) is 6.22. The van der Waals surface area contributed by atoms with Gasteiger partial charge in [0.2, 0.25) is 0 Å². The summed E-state index contributed by atoms with van der Waals surface area (Å²) in [6, 6.07) is 63.0. The molecule has 0 saturated heterocycles. The number of para-hydroxylation sites is 4. The molecule has 0 fully saturated rings. The molecule has 0 saturated carbocycles. The van der Waals surface area contributed by atoms with Gasteiger partial charge in [-0.3, -0.25) is 0 Å². The summed E-state index contributed by atoms with van der Waals surface area (Å²) in [4.78, 5) is 31.4. The average Bonchev–Trinajstić information content (AvgIpc) is 3.22. The predicted octanol–water partition coefficient (Wildman–Crippen LogP) is 12.2. The van der Waals surface area contributed by atoms with Crippen LogP contribution in [0.15, 0.2) is 213 Å². The number of hydrogen-bond donors (Lipinski definition) is 0. The van der Waals surface area contributed by atoms with E-state index in [0.29, 0.717) is 33.4 Å². The first-order valence-corrected chi connectivity index (χ1v) is 17.7. The standard InChI is InChI=1S/C48H32N2O4/c51-47-43(29-35-24-26-41(31-45(35)53-47)49(37-16-5-1-6-17-37)38-18-7-2-8-19-38)33-14-13-15-34(28-33)44-30-36-25-27-42(32-46(36)54-48(44)52)50(39-20-9-3-10-21-39)40-22-11-4-12-23-40/h1-32H. The maximum atomic E-state index is 13.6. The molecule has 0 bridgehead atoms. The molecule has 2 heterocycles. The predicted molar refractivity (Wildman–Crippen MR) is 219 cm³/mol. The molecular weight excluding hydrogens is 669 g/mol. The van der Waals surface area contributed by atoms with E-state index in [9.17, 15) is 9.59 Å². The molecule has 6 nitrogen and oxygen atoms in total. The van der Waals surface area contributed by atoms with Crippen LogP contribution in [0.25, 0.3) is 44.2 Å². The van der Waals surface area contributed by atoms with E-state index in [1.165, 1.54) is 0 Å². The molecule has 0 aliphatic carbocycles. The van der Waals surface area contributed by atoms with Crippen molar-refractivity contribution in [3.8, 4) is 22.3 Å². The van der Waals surface area contributed by atoms with Gasteiger partial charge >= 0.3 is 11.3 Å². The van der Waals surface area contributed by atoms with Crippen LogP contribution < -0.4 is 21.1 Å². The molecule has 0 radical (unpaired) electrons. The lowest BCUT2D eigenvalue weighted by atomic mass is 9.99. The Morgan fingerprint density at radius 3 is 1.02 bits per heavy atom. The van der Waals surface area contributed by atoms with Crippen molar-refractivity contribution in [1.29, 1.82) is 0 Å². The van der Waals surface area contributed by atoms with E-state index < -0.39 is 11.3 Å². The molecule has 0 spiro atoms. The van der Waals surface area contributed by atoms with E-state index in [0.717, 1.165) is 44.9 Å². The van der Waals surface area contributed by atoms with Crippen LogP contribution in [-0.4, -0.2) is 0 Å². The smallest absolute Gasteiger partial charge is 0.344 e. The minimum Gasteiger partial charge on any atom is -0.422 e. The SMILES string of the molecule is O=c1oc2cc(N(c3ccccc3)c3ccccc3)ccc2cc1-c1cccc(-c2cc3ccc(N(c4ccccc4)c4ccccc4)cc3oc2=O)c1. The highest BCUT2D eigenvalue weighted by molar-refractivity contribution is 5.90. The van der Waals surface area contributed by atoms with Gasteiger partial charge in [-0.2, -0.15) is 0 Å². The number of fused-ring (bicyclic) bond motifs is 2. The second kappa shape index (κ2) is 13.9. The second-order valence-corrected chi connectivity index (χ2v) is 12.9. The summed E-state index contributed by atoms with van der Waals surface area (Å²) in [6.45, 7) is 0. The Labute approximate surface area is 311 Å². The summed E-state index contributed by atoms with van der Waals surface area (Å²) in [6.07, 6.45) is 0. The number of anilines is 6. The molecule has 2 aromatic heterocycles. The van der Waals surface area contributed by atoms with Gasteiger partial charge in [-0.1, -0.05) is 91.0 Å². The summed E-state index contributed by atoms with van der Waals surface area (Å²) >= 11 is 0. The topological polar surface area (TPSA) is 66.9 Å². The molecule has 258 valence electrons. The maximum absolute atomic E-state index is 13.6. The minimum atomic E-state index is -0.470. The van der Waals surface area contributed by atoms with E-state index in [-0.39, 0.29) is 0 Å². The third-order valence-corrected chi connectivity index (χ3v) is 9.50. The molecule has 0 aliphatic heterocycles. The quantitative estimate of drug-likeness (QED) is 0.147. The molecule has 9 aromatic rings. The lowest BCUT2D eigenvalue weighted by Crippen LogP contribution is -2.10. The van der Waals surface area contributed by atoms with Crippen molar-refractivity contribution >= 4 is 56.1 Å². The Morgan fingerprint density at radius 2 is 0.667 bits per heavy atom. The zero-order chi connectivity index (χ0) is 36.4. The number of hydrogen-bond acceptors (Lipinski definition) is 6. The van der Waals surface area contributed by atoms with Crippen LogP contribution in [0.1, 0.15) is 0 Å². The highest BCUT2D eigenvalue weighted by Gasteiger charge is 2.17. The van der Waals surface area contributed by atoms with E-state index >= 15 is 0 Å². The van der Waals surface area contributed by atoms with Gasteiger partial charge in [0.1, 0.15) is 11.2 Å². The van der Waals surface area contributed by atoms with E-state index in [2.05, 4.69) is 9.80 Å². The van der Waals surface area contributed by atoms with Crippen molar-refractivity contribution in [2.75, 3.05) is 9.80 Å². The van der Waals surface area contributed by atoms with Gasteiger partial charge in [0.25, 0.3) is 0 Å². The highest BCUT2D eigenvalue weighted by atomic mass is 16.4. The van der Waals surface area contributed by atoms with Crippen LogP contribution in [0.3, 0.4) is 0 Å². The minimum absolute atomic E-state index is 0.400. The normalized spacial score (nSPS) is 11.1. The van der Waals surface area contributed by atoms with E-state index in [4.69, 9.17) is 8.83 Å². The fraction of sp³-hybridized carbons (Fsp3) is 0. The number of nitrogens with zero attached hydrogens (tertiary/aromatic N) is 2. The average molecular weight is 701 g/mol. The summed E-state index contributed by atoms with van der Waals surface area (Å²) in [5.74, 6) is 0. The largest absolute Gasteiger partial charge is 0.422 e.